The third kappa shape index (κ3) is 22.5. The molecular formula is C80H86Cl2N3NaO7S2. The Morgan fingerprint density at radius 1 is 0.547 bits per heavy atom. The van der Waals surface area contributed by atoms with Crippen LogP contribution < -0.4 is 45.1 Å². The van der Waals surface area contributed by atoms with Gasteiger partial charge in [-0.15, -0.1) is 0 Å². The Hall–Kier alpha value is -6.10. The molecule has 0 aliphatic heterocycles. The first-order chi connectivity index (χ1) is 45.0. The first-order valence-corrected chi connectivity index (χ1v) is 35.3. The molecule has 0 amide bonds. The van der Waals surface area contributed by atoms with E-state index in [1.165, 1.54) is 16.7 Å². The number of rotatable bonds is 27. The van der Waals surface area contributed by atoms with Gasteiger partial charge in [-0.25, -0.2) is 9.97 Å². The topological polar surface area (TPSA) is 183 Å². The molecule has 2 aliphatic carbocycles. The fraction of sp³-hybridized carbons (Fsp3) is 0.325. The van der Waals surface area contributed by atoms with Gasteiger partial charge < -0.3 is 40.4 Å². The zero-order chi connectivity index (χ0) is 67.0. The zero-order valence-corrected chi connectivity index (χ0v) is 60.7. The number of hydrogen-bond donors (Lipinski definition) is 4. The summed E-state index contributed by atoms with van der Waals surface area (Å²) in [6.45, 7) is 9.32. The standard InChI is InChI=1S/2C35H36ClNO3S.C10H15NO.Na/c2*1-34(2,40)30-9-4-3-7-25(30)13-17-32(41-23-35(18-19-35)22-33(38)39)27-8-5-6-24(20-27)10-15-29-16-12-26-11-14-28(36)21-31(26)37-29;1-8(10(12)11-2)9-6-4-3-5-7-9;/h2*3-12,14-16,20-21,32,40H,13,17-19,22-23H2,1-2H3,(H,38,39);3-8,10-12H,1-2H3;/q;;;+1/p-1/b2*15-10+;;/t2*32-;8-,10+;/m110./s1. The van der Waals surface area contributed by atoms with Crippen molar-refractivity contribution in [1.29, 1.82) is 0 Å². The maximum absolute atomic E-state index is 11.4. The van der Waals surface area contributed by atoms with E-state index in [1.54, 1.807) is 0 Å². The number of hydrogen-bond acceptors (Lipinski definition) is 11. The van der Waals surface area contributed by atoms with Crippen LogP contribution in [-0.4, -0.2) is 62.0 Å². The number of halogens is 2. The Morgan fingerprint density at radius 3 is 1.33 bits per heavy atom. The van der Waals surface area contributed by atoms with E-state index in [0.717, 1.165) is 129 Å². The van der Waals surface area contributed by atoms with Crippen LogP contribution in [0.2, 0.25) is 10.0 Å². The predicted octanol–water partition coefficient (Wildman–Crippen LogP) is 12.5. The summed E-state index contributed by atoms with van der Waals surface area (Å²) in [5.74, 6) is -0.146. The molecule has 2 fully saturated rings. The van der Waals surface area contributed by atoms with Crippen LogP contribution in [0.5, 0.6) is 0 Å². The second-order valence-electron chi connectivity index (χ2n) is 26.4. The fourth-order valence-electron chi connectivity index (χ4n) is 11.9. The summed E-state index contributed by atoms with van der Waals surface area (Å²) in [4.78, 5) is 32.2. The Morgan fingerprint density at radius 2 is 0.937 bits per heavy atom. The Kier molecular flexibility index (Phi) is 27.0. The summed E-state index contributed by atoms with van der Waals surface area (Å²) in [6.07, 6.45) is 15.2. The second kappa shape index (κ2) is 34.4. The molecule has 2 heterocycles. The number of thioether (sulfide) groups is 2. The number of quaternary nitrogens is 1. The minimum absolute atomic E-state index is 0. The van der Waals surface area contributed by atoms with Crippen molar-refractivity contribution in [3.05, 3.63) is 260 Å². The normalized spacial score (nSPS) is 15.2. The predicted molar refractivity (Wildman–Crippen MR) is 386 cm³/mol. The molecule has 2 aromatic heterocycles. The first-order valence-electron chi connectivity index (χ1n) is 32.4. The largest absolute Gasteiger partial charge is 1.00 e. The van der Waals surface area contributed by atoms with Crippen LogP contribution >= 0.6 is 46.7 Å². The number of aryl methyl sites for hydroxylation is 2. The summed E-state index contributed by atoms with van der Waals surface area (Å²) in [6, 6.07) is 62.8. The number of carboxylic acids is 2. The van der Waals surface area contributed by atoms with Gasteiger partial charge in [0.2, 0.25) is 0 Å². The molecule has 4 atom stereocenters. The van der Waals surface area contributed by atoms with Crippen LogP contribution in [0.3, 0.4) is 0 Å². The van der Waals surface area contributed by atoms with Crippen molar-refractivity contribution in [3.8, 4) is 0 Å². The van der Waals surface area contributed by atoms with Gasteiger partial charge in [0.1, 0.15) is 0 Å². The van der Waals surface area contributed by atoms with Crippen LogP contribution in [0.15, 0.2) is 188 Å². The monoisotopic (exact) mass is 1360 g/mol. The number of aliphatic carboxylic acids is 2. The average Bonchev–Trinajstić information content (AvgIpc) is 1.71. The van der Waals surface area contributed by atoms with E-state index in [0.29, 0.717) is 10.0 Å². The molecule has 2 aliphatic rings. The van der Waals surface area contributed by atoms with E-state index >= 15 is 0 Å². The van der Waals surface area contributed by atoms with E-state index in [-0.39, 0.29) is 75.9 Å². The van der Waals surface area contributed by atoms with Gasteiger partial charge in [-0.1, -0.05) is 194 Å². The number of carboxylic acid groups (broad SMARTS) is 2. The van der Waals surface area contributed by atoms with Crippen LogP contribution in [-0.2, 0) is 33.6 Å². The van der Waals surface area contributed by atoms with Gasteiger partial charge in [-0.3, -0.25) is 0 Å². The van der Waals surface area contributed by atoms with Gasteiger partial charge >= 0.3 is 29.6 Å². The number of carbonyl (C=O) groups is 2. The van der Waals surface area contributed by atoms with Gasteiger partial charge in [0, 0.05) is 43.3 Å². The quantitative estimate of drug-likeness (QED) is 0.0284. The molecule has 490 valence electrons. The van der Waals surface area contributed by atoms with Crippen molar-refractivity contribution in [3.63, 3.8) is 0 Å². The van der Waals surface area contributed by atoms with Crippen molar-refractivity contribution >= 4 is 105 Å². The first kappa shape index (κ1) is 74.7. The number of nitrogens with zero attached hydrogens (tertiary/aromatic N) is 2. The van der Waals surface area contributed by atoms with Crippen molar-refractivity contribution in [2.24, 2.45) is 10.8 Å². The summed E-state index contributed by atoms with van der Waals surface area (Å²) in [5, 5.41) is 59.3. The molecule has 7 aromatic carbocycles. The number of aliphatic hydroxyl groups is 3. The van der Waals surface area contributed by atoms with Crippen molar-refractivity contribution in [2.45, 2.75) is 133 Å². The molecule has 10 nitrogen and oxygen atoms in total. The molecule has 0 radical (unpaired) electrons. The summed E-state index contributed by atoms with van der Waals surface area (Å²) in [7, 11) is 1.88. The Labute approximate surface area is 601 Å². The van der Waals surface area contributed by atoms with Gasteiger partial charge in [0.15, 0.2) is 6.23 Å². The third-order valence-electron chi connectivity index (χ3n) is 17.8. The molecule has 0 unspecified atom stereocenters. The third-order valence-corrected chi connectivity index (χ3v) is 21.7. The summed E-state index contributed by atoms with van der Waals surface area (Å²) >= 11 is 16.0. The van der Waals surface area contributed by atoms with Crippen molar-refractivity contribution < 1.29 is 70.0 Å². The number of pyridine rings is 2. The number of likely N-dealkylation sites (N-methyl/N-ethyl adjacent to an activating group) is 1. The zero-order valence-electron chi connectivity index (χ0n) is 55.5. The number of benzene rings is 7. The van der Waals surface area contributed by atoms with Gasteiger partial charge in [0.25, 0.3) is 0 Å². The Balaban J connectivity index is 0.000000205. The SMILES string of the molecule is CC(C)(O)c1ccccc1CC[C@@H](SCC1(CC(=O)[O-])CC1)c1cccc(/C=C/c2ccc3ccc(Cl)cc3n2)c1.CC(C)(O)c1ccccc1CC[C@@H](SCC1(CC(=O)[O-])CC1)c1cccc(/C=C/c2ccc3ccc(Cl)cc3n2)c1.C[NH2+][C@H](O)[C@@H](C)c1ccccc1.[Na+]. The minimum Gasteiger partial charge on any atom is -0.550 e. The second-order valence-corrected chi connectivity index (χ2v) is 29.6. The van der Waals surface area contributed by atoms with E-state index in [4.69, 9.17) is 33.2 Å². The molecule has 0 saturated heterocycles. The van der Waals surface area contributed by atoms with Crippen LogP contribution in [0, 0.1) is 10.8 Å². The van der Waals surface area contributed by atoms with E-state index in [9.17, 15) is 35.1 Å². The number of nitrogens with two attached hydrogens (primary N) is 1. The molecule has 9 aromatic rings. The van der Waals surface area contributed by atoms with Gasteiger partial charge in [-0.05, 0) is 213 Å². The average molecular weight is 1360 g/mol. The molecule has 5 N–H and O–H groups in total. The van der Waals surface area contributed by atoms with Crippen LogP contribution in [0.4, 0.5) is 0 Å². The molecule has 11 rings (SSSR count). The number of carbonyl (C=O) groups excluding carboxylic acids is 2. The maximum atomic E-state index is 11.4. The number of aliphatic hydroxyl groups excluding tert-OH is 1. The molecule has 0 spiro atoms. The smallest absolute Gasteiger partial charge is 0.550 e. The van der Waals surface area contributed by atoms with E-state index < -0.39 is 23.1 Å². The van der Waals surface area contributed by atoms with Gasteiger partial charge in [0.05, 0.1) is 46.6 Å². The van der Waals surface area contributed by atoms with E-state index in [1.807, 2.05) is 210 Å². The van der Waals surface area contributed by atoms with Crippen LogP contribution in [0.1, 0.15) is 164 Å². The number of aromatic nitrogens is 2. The summed E-state index contributed by atoms with van der Waals surface area (Å²) < 4.78 is 0. The molecule has 15 heteroatoms. The van der Waals surface area contributed by atoms with Crippen molar-refractivity contribution in [2.75, 3.05) is 18.6 Å². The fourth-order valence-corrected chi connectivity index (χ4v) is 15.4. The molecule has 2 saturated carbocycles. The van der Waals surface area contributed by atoms with Gasteiger partial charge in [-0.2, -0.15) is 23.5 Å². The number of fused-ring (bicyclic) bond motifs is 2. The molecular weight excluding hydrogens is 1270 g/mol. The van der Waals surface area contributed by atoms with Crippen LogP contribution in [0.25, 0.3) is 46.1 Å². The summed E-state index contributed by atoms with van der Waals surface area (Å²) in [5.41, 5.74) is 11.2. The van der Waals surface area contributed by atoms with Crippen molar-refractivity contribution in [1.82, 2.24) is 9.97 Å². The molecule has 0 bridgehead atoms. The minimum atomic E-state index is -0.963. The molecule has 95 heavy (non-hydrogen) atoms. The van der Waals surface area contributed by atoms with E-state index in [2.05, 4.69) is 72.8 Å². The Bertz CT molecular complexity index is 3850. The maximum Gasteiger partial charge on any atom is 1.00 e.